The lowest BCUT2D eigenvalue weighted by atomic mass is 9.85. The number of urea groups is 1. The molecule has 0 radical (unpaired) electrons. The highest BCUT2D eigenvalue weighted by Gasteiger charge is 2.40. The SMILES string of the molecule is CC1CC(C)N(C(=O)C(NC(=O)NC(CSN2CCN2)C(C)(C)C)C(C)(C)C)C1. The first-order valence-corrected chi connectivity index (χ1v) is 11.7. The zero-order chi connectivity index (χ0) is 22.0. The highest BCUT2D eigenvalue weighted by molar-refractivity contribution is 7.97. The van der Waals surface area contributed by atoms with Crippen molar-refractivity contribution in [2.45, 2.75) is 79.9 Å². The summed E-state index contributed by atoms with van der Waals surface area (Å²) in [5, 5.41) is 6.14. The molecule has 0 spiro atoms. The van der Waals surface area contributed by atoms with Gasteiger partial charge in [-0.2, -0.15) is 4.41 Å². The van der Waals surface area contributed by atoms with Gasteiger partial charge < -0.3 is 15.5 Å². The largest absolute Gasteiger partial charge is 0.338 e. The van der Waals surface area contributed by atoms with E-state index in [0.29, 0.717) is 5.92 Å². The summed E-state index contributed by atoms with van der Waals surface area (Å²) in [4.78, 5) is 28.1. The van der Waals surface area contributed by atoms with E-state index in [0.717, 1.165) is 31.8 Å². The van der Waals surface area contributed by atoms with Gasteiger partial charge in [-0.05, 0) is 30.1 Å². The number of rotatable bonds is 6. The Kier molecular flexibility index (Phi) is 7.90. The maximum absolute atomic E-state index is 13.3. The van der Waals surface area contributed by atoms with Crippen LogP contribution in [0.1, 0.15) is 61.8 Å². The number of carbonyl (C=O) groups is 2. The second-order valence-corrected chi connectivity index (χ2v) is 11.9. The fourth-order valence-corrected chi connectivity index (χ4v) is 5.05. The number of hydrazine groups is 1. The Bertz CT molecular complexity index is 583. The first-order chi connectivity index (χ1) is 13.3. The standard InChI is InChI=1S/C21H41N5O2S/c1-14-11-15(2)25(12-14)18(27)17(21(6,7)8)24-19(28)23-16(20(3,4)5)13-29-26-10-9-22-26/h14-17,22H,9-13H2,1-8H3,(H2,23,24,28). The Morgan fingerprint density at radius 1 is 1.10 bits per heavy atom. The lowest BCUT2D eigenvalue weighted by molar-refractivity contribution is -0.136. The molecule has 3 amide bonds. The van der Waals surface area contributed by atoms with Gasteiger partial charge in [0.25, 0.3) is 0 Å². The number of hydrogen-bond acceptors (Lipinski definition) is 5. The van der Waals surface area contributed by atoms with Crippen LogP contribution >= 0.6 is 11.9 Å². The molecule has 4 unspecified atom stereocenters. The van der Waals surface area contributed by atoms with Crippen LogP contribution in [0.5, 0.6) is 0 Å². The number of hydrogen-bond donors (Lipinski definition) is 3. The molecular weight excluding hydrogens is 386 g/mol. The minimum absolute atomic E-state index is 0.0173. The van der Waals surface area contributed by atoms with Crippen molar-refractivity contribution in [3.63, 3.8) is 0 Å². The maximum Gasteiger partial charge on any atom is 0.315 e. The monoisotopic (exact) mass is 427 g/mol. The first-order valence-electron chi connectivity index (χ1n) is 10.8. The van der Waals surface area contributed by atoms with Gasteiger partial charge in [0.1, 0.15) is 6.04 Å². The predicted octanol–water partition coefficient (Wildman–Crippen LogP) is 2.84. The summed E-state index contributed by atoms with van der Waals surface area (Å²) in [6.07, 6.45) is 1.02. The molecule has 2 aliphatic heterocycles. The summed E-state index contributed by atoms with van der Waals surface area (Å²) < 4.78 is 2.09. The van der Waals surface area contributed by atoms with Gasteiger partial charge >= 0.3 is 6.03 Å². The van der Waals surface area contributed by atoms with Crippen molar-refractivity contribution in [2.75, 3.05) is 25.4 Å². The molecule has 7 nitrogen and oxygen atoms in total. The summed E-state index contributed by atoms with van der Waals surface area (Å²) in [7, 11) is 0. The van der Waals surface area contributed by atoms with E-state index in [2.05, 4.69) is 55.1 Å². The molecule has 3 N–H and O–H groups in total. The molecule has 2 heterocycles. The fraction of sp³-hybridized carbons (Fsp3) is 0.905. The third kappa shape index (κ3) is 6.76. The normalized spacial score (nSPS) is 25.3. The third-order valence-corrected chi connectivity index (χ3v) is 6.91. The van der Waals surface area contributed by atoms with E-state index >= 15 is 0 Å². The first kappa shape index (κ1) is 24.3. The Labute approximate surface area is 181 Å². The van der Waals surface area contributed by atoms with E-state index in [1.54, 1.807) is 11.9 Å². The highest BCUT2D eigenvalue weighted by Crippen LogP contribution is 2.28. The van der Waals surface area contributed by atoms with Crippen molar-refractivity contribution in [3.8, 4) is 0 Å². The van der Waals surface area contributed by atoms with Gasteiger partial charge in [-0.3, -0.25) is 4.79 Å². The van der Waals surface area contributed by atoms with Crippen molar-refractivity contribution >= 4 is 23.9 Å². The molecule has 0 aliphatic carbocycles. The smallest absolute Gasteiger partial charge is 0.315 e. The van der Waals surface area contributed by atoms with Crippen LogP contribution in [0.2, 0.25) is 0 Å². The van der Waals surface area contributed by atoms with Crippen LogP contribution in [-0.4, -0.2) is 64.8 Å². The molecule has 0 aromatic heterocycles. The van der Waals surface area contributed by atoms with Gasteiger partial charge in [0, 0.05) is 37.5 Å². The molecule has 0 aromatic rings. The quantitative estimate of drug-likeness (QED) is 0.568. The van der Waals surface area contributed by atoms with Gasteiger partial charge in [0.15, 0.2) is 0 Å². The Morgan fingerprint density at radius 2 is 1.72 bits per heavy atom. The molecule has 2 fully saturated rings. The molecular formula is C21H41N5O2S. The van der Waals surface area contributed by atoms with E-state index in [4.69, 9.17) is 0 Å². The molecule has 2 aliphatic rings. The summed E-state index contributed by atoms with van der Waals surface area (Å²) in [5.74, 6) is 1.30. The van der Waals surface area contributed by atoms with Gasteiger partial charge in [-0.25, -0.2) is 10.2 Å². The Morgan fingerprint density at radius 3 is 2.14 bits per heavy atom. The van der Waals surface area contributed by atoms with E-state index in [9.17, 15) is 9.59 Å². The van der Waals surface area contributed by atoms with Crippen LogP contribution in [0, 0.1) is 16.7 Å². The average molecular weight is 428 g/mol. The molecule has 2 rings (SSSR count). The fourth-order valence-electron chi connectivity index (χ4n) is 3.74. The zero-order valence-corrected chi connectivity index (χ0v) is 20.3. The van der Waals surface area contributed by atoms with Crippen LogP contribution < -0.4 is 16.1 Å². The summed E-state index contributed by atoms with van der Waals surface area (Å²) in [5.41, 5.74) is 2.77. The summed E-state index contributed by atoms with van der Waals surface area (Å²) in [6, 6.07) is -0.623. The van der Waals surface area contributed by atoms with Crippen molar-refractivity contribution in [3.05, 3.63) is 0 Å². The minimum Gasteiger partial charge on any atom is -0.338 e. The number of nitrogens with one attached hydrogen (secondary N) is 3. The zero-order valence-electron chi connectivity index (χ0n) is 19.5. The topological polar surface area (TPSA) is 76.7 Å². The van der Waals surface area contributed by atoms with Gasteiger partial charge in [-0.1, -0.05) is 60.4 Å². The van der Waals surface area contributed by atoms with Gasteiger partial charge in [0.05, 0.1) is 0 Å². The molecule has 8 heteroatoms. The molecule has 29 heavy (non-hydrogen) atoms. The Hall–Kier alpha value is -0.990. The van der Waals surface area contributed by atoms with Crippen LogP contribution in [0.3, 0.4) is 0 Å². The minimum atomic E-state index is -0.555. The Balaban J connectivity index is 2.02. The molecule has 0 saturated carbocycles. The molecule has 168 valence electrons. The number of carbonyl (C=O) groups excluding carboxylic acids is 2. The number of likely N-dealkylation sites (tertiary alicyclic amines) is 1. The van der Waals surface area contributed by atoms with E-state index in [-0.39, 0.29) is 34.9 Å². The van der Waals surface area contributed by atoms with E-state index in [1.807, 2.05) is 25.7 Å². The van der Waals surface area contributed by atoms with Crippen LogP contribution in [0.4, 0.5) is 4.79 Å². The van der Waals surface area contributed by atoms with Crippen molar-refractivity contribution in [1.82, 2.24) is 25.4 Å². The third-order valence-electron chi connectivity index (χ3n) is 5.81. The van der Waals surface area contributed by atoms with E-state index < -0.39 is 6.04 Å². The maximum atomic E-state index is 13.3. The number of nitrogens with zero attached hydrogens (tertiary/aromatic N) is 2. The van der Waals surface area contributed by atoms with Crippen LogP contribution in [0.25, 0.3) is 0 Å². The van der Waals surface area contributed by atoms with Crippen LogP contribution in [-0.2, 0) is 4.79 Å². The second kappa shape index (κ2) is 9.43. The van der Waals surface area contributed by atoms with Gasteiger partial charge in [0.2, 0.25) is 5.91 Å². The van der Waals surface area contributed by atoms with Crippen molar-refractivity contribution < 1.29 is 9.59 Å². The molecule has 2 saturated heterocycles. The lowest BCUT2D eigenvalue weighted by Gasteiger charge is -2.38. The van der Waals surface area contributed by atoms with Crippen LogP contribution in [0.15, 0.2) is 0 Å². The molecule has 4 atom stereocenters. The summed E-state index contributed by atoms with van der Waals surface area (Å²) >= 11 is 1.70. The highest BCUT2D eigenvalue weighted by atomic mass is 32.2. The average Bonchev–Trinajstić information content (AvgIpc) is 2.86. The van der Waals surface area contributed by atoms with E-state index in [1.165, 1.54) is 0 Å². The lowest BCUT2D eigenvalue weighted by Crippen LogP contribution is -2.59. The predicted molar refractivity (Wildman–Crippen MR) is 120 cm³/mol. The molecule has 0 aromatic carbocycles. The number of amides is 3. The van der Waals surface area contributed by atoms with Crippen molar-refractivity contribution in [1.29, 1.82) is 0 Å². The van der Waals surface area contributed by atoms with Gasteiger partial charge in [-0.15, -0.1) is 0 Å². The van der Waals surface area contributed by atoms with Crippen molar-refractivity contribution in [2.24, 2.45) is 16.7 Å². The summed E-state index contributed by atoms with van der Waals surface area (Å²) in [6.45, 7) is 19.5. The molecule has 0 bridgehead atoms. The second-order valence-electron chi connectivity index (χ2n) is 10.8.